The number of nitrogens with zero attached hydrogens (tertiary/aromatic N) is 3. The number of aromatic nitrogens is 3. The maximum absolute atomic E-state index is 10.9. The molecule has 3 rings (SSSR count). The van der Waals surface area contributed by atoms with Crippen LogP contribution in [0.3, 0.4) is 0 Å². The number of benzene rings is 1. The second kappa shape index (κ2) is 14.7. The summed E-state index contributed by atoms with van der Waals surface area (Å²) in [6.07, 6.45) is 11.6. The lowest BCUT2D eigenvalue weighted by atomic mass is 10.1. The molecule has 0 amide bonds. The predicted octanol–water partition coefficient (Wildman–Crippen LogP) is 5.87. The minimum atomic E-state index is -1.19. The Kier molecular flexibility index (Phi) is 12.4. The topological polar surface area (TPSA) is 85.2 Å². The first-order chi connectivity index (χ1) is 15.7. The number of carboxylic acids is 1. The summed E-state index contributed by atoms with van der Waals surface area (Å²) in [5.41, 5.74) is 2.59. The molecule has 178 valence electrons. The zero-order valence-electron chi connectivity index (χ0n) is 20.7. The van der Waals surface area contributed by atoms with Gasteiger partial charge in [-0.3, -0.25) is 4.98 Å². The Morgan fingerprint density at radius 1 is 0.879 bits per heavy atom. The molecule has 0 unspecified atom stereocenters. The molecule has 0 bridgehead atoms. The molecule has 2 heterocycles. The molecular weight excluding hydrogens is 414 g/mol. The van der Waals surface area contributed by atoms with Gasteiger partial charge in [0.1, 0.15) is 11.6 Å². The summed E-state index contributed by atoms with van der Waals surface area (Å²) in [5.74, 6) is 0.463. The normalized spacial score (nSPS) is 10.2. The molecule has 33 heavy (non-hydrogen) atoms. The number of ether oxygens (including phenoxy) is 1. The van der Waals surface area contributed by atoms with Gasteiger partial charge in [-0.05, 0) is 81.0 Å². The number of aliphatic carboxylic acids is 1. The number of hydrogen-bond donors (Lipinski definition) is 1. The van der Waals surface area contributed by atoms with E-state index in [1.54, 1.807) is 0 Å². The van der Waals surface area contributed by atoms with Gasteiger partial charge in [0, 0.05) is 24.8 Å². The third kappa shape index (κ3) is 11.2. The van der Waals surface area contributed by atoms with Gasteiger partial charge in [0.2, 0.25) is 0 Å². The second-order valence-electron chi connectivity index (χ2n) is 8.01. The van der Waals surface area contributed by atoms with E-state index in [1.165, 1.54) is 30.5 Å². The molecule has 6 nitrogen and oxygen atoms in total. The highest BCUT2D eigenvalue weighted by Crippen LogP contribution is 2.19. The largest absolute Gasteiger partial charge is 0.478 e. The lowest BCUT2D eigenvalue weighted by Crippen LogP contribution is -2.37. The molecule has 3 aromatic rings. The van der Waals surface area contributed by atoms with E-state index in [0.717, 1.165) is 31.5 Å². The molecule has 1 aromatic carbocycles. The van der Waals surface area contributed by atoms with E-state index in [4.69, 9.17) is 9.84 Å². The third-order valence-corrected chi connectivity index (χ3v) is 4.75. The Morgan fingerprint density at radius 3 is 1.85 bits per heavy atom. The Balaban J connectivity index is 0.000000270. The van der Waals surface area contributed by atoms with E-state index in [0.29, 0.717) is 5.75 Å². The van der Waals surface area contributed by atoms with Gasteiger partial charge >= 0.3 is 5.97 Å². The Hall–Kier alpha value is -3.28. The first-order valence-electron chi connectivity index (χ1n) is 11.4. The van der Waals surface area contributed by atoms with Crippen LogP contribution in [0.4, 0.5) is 0 Å². The average molecular weight is 452 g/mol. The summed E-state index contributed by atoms with van der Waals surface area (Å²) < 4.78 is 5.40. The summed E-state index contributed by atoms with van der Waals surface area (Å²) in [6.45, 7) is 11.3. The molecule has 0 aliphatic carbocycles. The third-order valence-electron chi connectivity index (χ3n) is 4.75. The van der Waals surface area contributed by atoms with Crippen LogP contribution in [0.1, 0.15) is 63.6 Å². The molecule has 0 aliphatic heterocycles. The van der Waals surface area contributed by atoms with Crippen molar-refractivity contribution in [2.75, 3.05) is 0 Å². The standard InChI is InChI=1S/C13H18O3.C7H10N2.C7H9N/c1-4-5-10-6-8-11(9-7-10)16-13(2,3)12(14)15;1-3-7-4-8-6(2)9-5-7;1-2-7-3-5-8-6-4-7/h6-9H,4-5H2,1-3H3,(H,14,15);4-5H,3H2,1-2H3;3-6H,2H2,1H3. The molecule has 0 saturated heterocycles. The SMILES string of the molecule is CCCc1ccc(OC(C)(C)C(=O)O)cc1.CCc1ccncc1.CCc1cnc(C)nc1. The molecular formula is C27H37N3O3. The van der Waals surface area contributed by atoms with Crippen molar-refractivity contribution in [2.45, 2.75) is 72.8 Å². The van der Waals surface area contributed by atoms with Gasteiger partial charge in [0.25, 0.3) is 0 Å². The van der Waals surface area contributed by atoms with Crippen LogP contribution < -0.4 is 4.74 Å². The summed E-state index contributed by atoms with van der Waals surface area (Å²) in [5, 5.41) is 8.92. The number of rotatable bonds is 7. The fourth-order valence-corrected chi connectivity index (χ4v) is 2.57. The Morgan fingerprint density at radius 2 is 1.42 bits per heavy atom. The number of carboxylic acid groups (broad SMARTS) is 1. The first kappa shape index (κ1) is 27.8. The van der Waals surface area contributed by atoms with Crippen LogP contribution in [-0.2, 0) is 24.1 Å². The Labute approximate surface area is 198 Å². The van der Waals surface area contributed by atoms with Crippen molar-refractivity contribution in [3.63, 3.8) is 0 Å². The highest BCUT2D eigenvalue weighted by molar-refractivity contribution is 5.76. The van der Waals surface area contributed by atoms with E-state index >= 15 is 0 Å². The van der Waals surface area contributed by atoms with Crippen molar-refractivity contribution in [2.24, 2.45) is 0 Å². The number of pyridine rings is 1. The molecule has 2 aromatic heterocycles. The van der Waals surface area contributed by atoms with Crippen LogP contribution in [0.2, 0.25) is 0 Å². The monoisotopic (exact) mass is 451 g/mol. The predicted molar refractivity (Wildman–Crippen MR) is 133 cm³/mol. The smallest absolute Gasteiger partial charge is 0.347 e. The van der Waals surface area contributed by atoms with Gasteiger partial charge in [0.05, 0.1) is 0 Å². The molecule has 0 atom stereocenters. The summed E-state index contributed by atoms with van der Waals surface area (Å²) in [7, 11) is 0. The zero-order chi connectivity index (χ0) is 24.7. The van der Waals surface area contributed by atoms with E-state index in [9.17, 15) is 4.79 Å². The average Bonchev–Trinajstić information content (AvgIpc) is 2.82. The second-order valence-corrected chi connectivity index (χ2v) is 8.01. The van der Waals surface area contributed by atoms with Crippen molar-refractivity contribution in [1.29, 1.82) is 0 Å². The van der Waals surface area contributed by atoms with Crippen LogP contribution in [0.5, 0.6) is 5.75 Å². The van der Waals surface area contributed by atoms with E-state index in [-0.39, 0.29) is 0 Å². The number of aryl methyl sites for hydroxylation is 4. The number of carbonyl (C=O) groups is 1. The summed E-state index contributed by atoms with van der Waals surface area (Å²) in [6, 6.07) is 11.6. The molecule has 0 saturated carbocycles. The maximum atomic E-state index is 10.9. The van der Waals surface area contributed by atoms with Gasteiger partial charge in [0.15, 0.2) is 5.60 Å². The number of hydrogen-bond acceptors (Lipinski definition) is 5. The van der Waals surface area contributed by atoms with Crippen molar-refractivity contribution >= 4 is 5.97 Å². The summed E-state index contributed by atoms with van der Waals surface area (Å²) in [4.78, 5) is 22.8. The maximum Gasteiger partial charge on any atom is 0.347 e. The molecule has 0 radical (unpaired) electrons. The van der Waals surface area contributed by atoms with Crippen molar-refractivity contribution in [3.05, 3.63) is 83.7 Å². The summed E-state index contributed by atoms with van der Waals surface area (Å²) >= 11 is 0. The molecule has 0 spiro atoms. The van der Waals surface area contributed by atoms with Gasteiger partial charge in [-0.25, -0.2) is 14.8 Å². The van der Waals surface area contributed by atoms with Gasteiger partial charge in [-0.2, -0.15) is 0 Å². The zero-order valence-corrected chi connectivity index (χ0v) is 20.7. The quantitative estimate of drug-likeness (QED) is 0.483. The van der Waals surface area contributed by atoms with Crippen molar-refractivity contribution < 1.29 is 14.6 Å². The molecule has 1 N–H and O–H groups in total. The fraction of sp³-hybridized carbons (Fsp3) is 0.407. The molecule has 0 aliphatic rings. The van der Waals surface area contributed by atoms with Gasteiger partial charge < -0.3 is 9.84 Å². The van der Waals surface area contributed by atoms with Gasteiger partial charge in [-0.1, -0.05) is 39.3 Å². The van der Waals surface area contributed by atoms with Crippen LogP contribution >= 0.6 is 0 Å². The van der Waals surface area contributed by atoms with E-state index < -0.39 is 11.6 Å². The van der Waals surface area contributed by atoms with Crippen LogP contribution in [0.15, 0.2) is 61.2 Å². The van der Waals surface area contributed by atoms with Crippen molar-refractivity contribution in [1.82, 2.24) is 15.0 Å². The Bertz CT molecular complexity index is 925. The highest BCUT2D eigenvalue weighted by atomic mass is 16.5. The van der Waals surface area contributed by atoms with E-state index in [2.05, 4.69) is 35.7 Å². The van der Waals surface area contributed by atoms with Crippen molar-refractivity contribution in [3.8, 4) is 5.75 Å². The lowest BCUT2D eigenvalue weighted by molar-refractivity contribution is -0.152. The van der Waals surface area contributed by atoms with Gasteiger partial charge in [-0.15, -0.1) is 0 Å². The molecule has 6 heteroatoms. The highest BCUT2D eigenvalue weighted by Gasteiger charge is 2.29. The van der Waals surface area contributed by atoms with E-state index in [1.807, 2.05) is 68.1 Å². The lowest BCUT2D eigenvalue weighted by Gasteiger charge is -2.21. The van der Waals surface area contributed by atoms with Crippen LogP contribution in [0.25, 0.3) is 0 Å². The minimum absolute atomic E-state index is 0.590. The van der Waals surface area contributed by atoms with Crippen LogP contribution in [-0.4, -0.2) is 31.6 Å². The first-order valence-corrected chi connectivity index (χ1v) is 11.4. The van der Waals surface area contributed by atoms with Crippen LogP contribution in [0, 0.1) is 6.92 Å². The fourth-order valence-electron chi connectivity index (χ4n) is 2.57. The minimum Gasteiger partial charge on any atom is -0.478 e. The molecule has 0 fully saturated rings.